The van der Waals surface area contributed by atoms with Gasteiger partial charge in [0, 0.05) is 17.5 Å². The Bertz CT molecular complexity index is 623. The fraction of sp³-hybridized carbons (Fsp3) is 0.375. The van der Waals surface area contributed by atoms with E-state index < -0.39 is 5.54 Å². The Morgan fingerprint density at radius 2 is 1.95 bits per heavy atom. The lowest BCUT2D eigenvalue weighted by atomic mass is 9.98. The maximum Gasteiger partial charge on any atom is 0.246 e. The van der Waals surface area contributed by atoms with Gasteiger partial charge in [0.1, 0.15) is 0 Å². The van der Waals surface area contributed by atoms with Gasteiger partial charge in [-0.05, 0) is 18.4 Å². The van der Waals surface area contributed by atoms with E-state index in [0.29, 0.717) is 5.13 Å². The molecular formula is C16H20ClN3OS. The van der Waals surface area contributed by atoms with Crippen LogP contribution >= 0.6 is 23.7 Å². The molecule has 3 N–H and O–H groups in total. The van der Waals surface area contributed by atoms with E-state index in [1.165, 1.54) is 16.9 Å². The molecule has 0 bridgehead atoms. The van der Waals surface area contributed by atoms with Crippen LogP contribution in [0, 0.1) is 0 Å². The fourth-order valence-electron chi connectivity index (χ4n) is 2.70. The number of nitrogens with one attached hydrogen (secondary N) is 1. The predicted octanol–water partition coefficient (Wildman–Crippen LogP) is 3.37. The van der Waals surface area contributed by atoms with E-state index in [1.807, 2.05) is 24.4 Å². The van der Waals surface area contributed by atoms with Crippen molar-refractivity contribution in [1.29, 1.82) is 0 Å². The highest BCUT2D eigenvalue weighted by Gasteiger charge is 2.37. The molecule has 1 aromatic carbocycles. The number of amides is 1. The van der Waals surface area contributed by atoms with Crippen molar-refractivity contribution in [2.24, 2.45) is 5.73 Å². The van der Waals surface area contributed by atoms with Crippen LogP contribution in [0.4, 0.5) is 5.13 Å². The van der Waals surface area contributed by atoms with Gasteiger partial charge < -0.3 is 11.1 Å². The van der Waals surface area contributed by atoms with E-state index in [9.17, 15) is 4.79 Å². The maximum absolute atomic E-state index is 12.2. The molecule has 1 fully saturated rings. The summed E-state index contributed by atoms with van der Waals surface area (Å²) in [6.45, 7) is 0. The zero-order chi connectivity index (χ0) is 14.7. The first-order valence-corrected chi connectivity index (χ1v) is 8.06. The van der Waals surface area contributed by atoms with Crippen LogP contribution in [0.3, 0.4) is 0 Å². The summed E-state index contributed by atoms with van der Waals surface area (Å²) >= 11 is 1.51. The van der Waals surface area contributed by atoms with Gasteiger partial charge in [0.25, 0.3) is 0 Å². The number of rotatable bonds is 4. The van der Waals surface area contributed by atoms with Gasteiger partial charge in [0.15, 0.2) is 5.13 Å². The Morgan fingerprint density at radius 3 is 2.64 bits per heavy atom. The summed E-state index contributed by atoms with van der Waals surface area (Å²) in [7, 11) is 0. The average Bonchev–Trinajstić information content (AvgIpc) is 3.10. The summed E-state index contributed by atoms with van der Waals surface area (Å²) in [6, 6.07) is 10.2. The number of nitrogens with zero attached hydrogens (tertiary/aromatic N) is 1. The number of anilines is 1. The average molecular weight is 338 g/mol. The summed E-state index contributed by atoms with van der Waals surface area (Å²) in [5.74, 6) is -0.0967. The lowest BCUT2D eigenvalue weighted by molar-refractivity contribution is -0.121. The van der Waals surface area contributed by atoms with Crippen LogP contribution in [0.25, 0.3) is 0 Å². The highest BCUT2D eigenvalue weighted by atomic mass is 35.5. The number of carbonyl (C=O) groups is 1. The number of hydrogen-bond acceptors (Lipinski definition) is 4. The molecule has 4 nitrogen and oxygen atoms in total. The van der Waals surface area contributed by atoms with Crippen molar-refractivity contribution in [2.45, 2.75) is 37.6 Å². The molecule has 0 saturated heterocycles. The van der Waals surface area contributed by atoms with Crippen molar-refractivity contribution in [3.8, 4) is 0 Å². The highest BCUT2D eigenvalue weighted by Crippen LogP contribution is 2.29. The van der Waals surface area contributed by atoms with E-state index in [-0.39, 0.29) is 18.3 Å². The van der Waals surface area contributed by atoms with E-state index in [2.05, 4.69) is 22.4 Å². The Hall–Kier alpha value is -1.43. The molecule has 2 aromatic rings. The van der Waals surface area contributed by atoms with Gasteiger partial charge in [-0.2, -0.15) is 0 Å². The lowest BCUT2D eigenvalue weighted by Crippen LogP contribution is -2.48. The van der Waals surface area contributed by atoms with Crippen molar-refractivity contribution >= 4 is 34.8 Å². The van der Waals surface area contributed by atoms with Gasteiger partial charge in [0.05, 0.1) is 5.54 Å². The summed E-state index contributed by atoms with van der Waals surface area (Å²) in [5, 5.41) is 3.52. The molecule has 1 aromatic heterocycles. The topological polar surface area (TPSA) is 68.0 Å². The number of hydrogen-bond donors (Lipinski definition) is 2. The number of benzene rings is 1. The van der Waals surface area contributed by atoms with E-state index >= 15 is 0 Å². The molecule has 118 valence electrons. The number of carbonyl (C=O) groups excluding carboxylic acids is 1. The molecule has 0 unspecified atom stereocenters. The van der Waals surface area contributed by atoms with Gasteiger partial charge in [-0.1, -0.05) is 43.2 Å². The molecule has 1 aliphatic rings. The lowest BCUT2D eigenvalue weighted by Gasteiger charge is -2.21. The van der Waals surface area contributed by atoms with Gasteiger partial charge in [-0.25, -0.2) is 4.98 Å². The van der Waals surface area contributed by atoms with Crippen LogP contribution in [0.1, 0.15) is 36.1 Å². The van der Waals surface area contributed by atoms with Gasteiger partial charge in [0.2, 0.25) is 5.91 Å². The van der Waals surface area contributed by atoms with Gasteiger partial charge in [-0.3, -0.25) is 4.79 Å². The molecule has 0 spiro atoms. The zero-order valence-electron chi connectivity index (χ0n) is 12.2. The van der Waals surface area contributed by atoms with E-state index in [1.54, 1.807) is 0 Å². The zero-order valence-corrected chi connectivity index (χ0v) is 13.9. The second-order valence-corrected chi connectivity index (χ2v) is 6.73. The van der Waals surface area contributed by atoms with Gasteiger partial charge >= 0.3 is 0 Å². The smallest absolute Gasteiger partial charge is 0.246 e. The molecule has 1 amide bonds. The van der Waals surface area contributed by atoms with Crippen molar-refractivity contribution in [3.05, 3.63) is 47.0 Å². The monoisotopic (exact) mass is 337 g/mol. The van der Waals surface area contributed by atoms with Crippen molar-refractivity contribution in [2.75, 3.05) is 5.32 Å². The molecule has 0 aliphatic heterocycles. The van der Waals surface area contributed by atoms with Crippen LogP contribution in [0.5, 0.6) is 0 Å². The number of nitrogens with two attached hydrogens (primary N) is 1. The third-order valence-electron chi connectivity index (χ3n) is 3.94. The van der Waals surface area contributed by atoms with Crippen LogP contribution in [-0.4, -0.2) is 16.4 Å². The standard InChI is InChI=1S/C16H19N3OS.ClH/c17-16(8-4-5-9-16)14(20)19-15-18-11-13(21-15)10-12-6-2-1-3-7-12;/h1-3,6-7,11H,4-5,8-10,17H2,(H,18,19,20);1H. The largest absolute Gasteiger partial charge is 0.317 e. The first kappa shape index (κ1) is 16.9. The maximum atomic E-state index is 12.2. The third kappa shape index (κ3) is 3.85. The SMILES string of the molecule is Cl.NC1(C(=O)Nc2ncc(Cc3ccccc3)s2)CCCC1. The second-order valence-electron chi connectivity index (χ2n) is 5.61. The summed E-state index contributed by atoms with van der Waals surface area (Å²) in [4.78, 5) is 17.7. The van der Waals surface area contributed by atoms with Crippen LogP contribution in [-0.2, 0) is 11.2 Å². The quantitative estimate of drug-likeness (QED) is 0.898. The van der Waals surface area contributed by atoms with Crippen LogP contribution in [0.15, 0.2) is 36.5 Å². The third-order valence-corrected chi connectivity index (χ3v) is 4.86. The molecule has 1 heterocycles. The second kappa shape index (κ2) is 7.22. The fourth-order valence-corrected chi connectivity index (χ4v) is 3.54. The molecule has 3 rings (SSSR count). The molecule has 22 heavy (non-hydrogen) atoms. The molecule has 0 radical (unpaired) electrons. The number of aromatic nitrogens is 1. The molecular weight excluding hydrogens is 318 g/mol. The Kier molecular flexibility index (Phi) is 5.56. The minimum Gasteiger partial charge on any atom is -0.317 e. The normalized spacial score (nSPS) is 16.0. The number of thiazole rings is 1. The Labute approximate surface area is 140 Å². The summed E-state index contributed by atoms with van der Waals surface area (Å²) < 4.78 is 0. The Balaban J connectivity index is 0.00000176. The minimum atomic E-state index is -0.703. The minimum absolute atomic E-state index is 0. The van der Waals surface area contributed by atoms with E-state index in [4.69, 9.17) is 5.73 Å². The van der Waals surface area contributed by atoms with Crippen LogP contribution in [0.2, 0.25) is 0 Å². The summed E-state index contributed by atoms with van der Waals surface area (Å²) in [5.41, 5.74) is 6.68. The molecule has 1 saturated carbocycles. The first-order valence-electron chi connectivity index (χ1n) is 7.25. The Morgan fingerprint density at radius 1 is 1.27 bits per heavy atom. The van der Waals surface area contributed by atoms with Crippen molar-refractivity contribution < 1.29 is 4.79 Å². The molecule has 0 atom stereocenters. The van der Waals surface area contributed by atoms with E-state index in [0.717, 1.165) is 37.0 Å². The first-order chi connectivity index (χ1) is 10.2. The molecule has 1 aliphatic carbocycles. The number of halogens is 1. The van der Waals surface area contributed by atoms with Gasteiger partial charge in [-0.15, -0.1) is 23.7 Å². The molecule has 6 heteroatoms. The van der Waals surface area contributed by atoms with Crippen molar-refractivity contribution in [3.63, 3.8) is 0 Å². The van der Waals surface area contributed by atoms with Crippen LogP contribution < -0.4 is 11.1 Å². The highest BCUT2D eigenvalue weighted by molar-refractivity contribution is 7.15. The predicted molar refractivity (Wildman–Crippen MR) is 92.6 cm³/mol. The van der Waals surface area contributed by atoms with Crippen molar-refractivity contribution in [1.82, 2.24) is 4.98 Å². The summed E-state index contributed by atoms with van der Waals surface area (Å²) in [6.07, 6.45) is 6.25.